The molecule has 1 N–H and O–H groups in total. The van der Waals surface area contributed by atoms with Crippen LogP contribution >= 0.6 is 0 Å². The van der Waals surface area contributed by atoms with Crippen molar-refractivity contribution in [2.24, 2.45) is 0 Å². The zero-order valence-corrected chi connectivity index (χ0v) is 8.42. The summed E-state index contributed by atoms with van der Waals surface area (Å²) < 4.78 is 5.58. The second-order valence-electron chi connectivity index (χ2n) is 3.42. The minimum Gasteiger partial charge on any atom is -0.479 e. The van der Waals surface area contributed by atoms with Gasteiger partial charge in [0.2, 0.25) is 0 Å². The summed E-state index contributed by atoms with van der Waals surface area (Å²) >= 11 is 0. The van der Waals surface area contributed by atoms with Gasteiger partial charge in [-0.15, -0.1) is 0 Å². The number of nitrogens with one attached hydrogen (secondary N) is 1. The van der Waals surface area contributed by atoms with E-state index in [4.69, 9.17) is 4.74 Å². The van der Waals surface area contributed by atoms with Gasteiger partial charge in [-0.25, -0.2) is 0 Å². The second kappa shape index (κ2) is 4.18. The van der Waals surface area contributed by atoms with Crippen molar-refractivity contribution in [2.75, 3.05) is 6.61 Å². The van der Waals surface area contributed by atoms with Crippen LogP contribution in [0.2, 0.25) is 0 Å². The van der Waals surface area contributed by atoms with Crippen molar-refractivity contribution >= 4 is 10.9 Å². The van der Waals surface area contributed by atoms with E-state index in [-0.39, 0.29) is 0 Å². The summed E-state index contributed by atoms with van der Waals surface area (Å²) in [6, 6.07) is 10.2. The fraction of sp³-hybridized carbons (Fsp3) is 0.333. The molecule has 0 aliphatic carbocycles. The van der Waals surface area contributed by atoms with Crippen LogP contribution in [0.15, 0.2) is 30.3 Å². The number of H-pyrrole nitrogens is 1. The minimum atomic E-state index is 0.795. The Balaban J connectivity index is 2.11. The van der Waals surface area contributed by atoms with Crippen LogP contribution in [0.3, 0.4) is 0 Å². The molecule has 1 heterocycles. The molecule has 0 unspecified atom stereocenters. The number of ether oxygens (including phenoxy) is 1. The molecule has 0 fully saturated rings. The fourth-order valence-electron chi connectivity index (χ4n) is 1.45. The van der Waals surface area contributed by atoms with Crippen LogP contribution in [0.5, 0.6) is 5.88 Å². The van der Waals surface area contributed by atoms with Gasteiger partial charge in [0.25, 0.3) is 0 Å². The lowest BCUT2D eigenvalue weighted by Crippen LogP contribution is -1.95. The topological polar surface area (TPSA) is 25.0 Å². The van der Waals surface area contributed by atoms with E-state index in [1.54, 1.807) is 0 Å². The predicted molar refractivity (Wildman–Crippen MR) is 58.7 cm³/mol. The maximum Gasteiger partial charge on any atom is 0.191 e. The molecule has 0 radical (unpaired) electrons. The first-order chi connectivity index (χ1) is 6.90. The molecular formula is C12H15NO. The van der Waals surface area contributed by atoms with E-state index in [0.717, 1.165) is 24.4 Å². The number of para-hydroxylation sites is 1. The molecule has 0 aliphatic heterocycles. The Morgan fingerprint density at radius 2 is 2.14 bits per heavy atom. The average molecular weight is 189 g/mol. The molecule has 1 aromatic carbocycles. The maximum absolute atomic E-state index is 5.58. The number of hydrogen-bond donors (Lipinski definition) is 1. The second-order valence-corrected chi connectivity index (χ2v) is 3.42. The number of fused-ring (bicyclic) bond motifs is 1. The van der Waals surface area contributed by atoms with Crippen molar-refractivity contribution in [3.63, 3.8) is 0 Å². The van der Waals surface area contributed by atoms with Gasteiger partial charge in [-0.2, -0.15) is 0 Å². The highest BCUT2D eigenvalue weighted by atomic mass is 16.5. The Hall–Kier alpha value is -1.44. The van der Waals surface area contributed by atoms with Crippen molar-refractivity contribution in [2.45, 2.75) is 19.8 Å². The summed E-state index contributed by atoms with van der Waals surface area (Å²) in [7, 11) is 0. The largest absolute Gasteiger partial charge is 0.479 e. The first-order valence-corrected chi connectivity index (χ1v) is 5.10. The molecule has 2 heteroatoms. The van der Waals surface area contributed by atoms with Gasteiger partial charge in [0, 0.05) is 17.0 Å². The van der Waals surface area contributed by atoms with E-state index in [9.17, 15) is 0 Å². The van der Waals surface area contributed by atoms with Crippen molar-refractivity contribution < 1.29 is 4.74 Å². The molecule has 0 aliphatic rings. The Labute approximate surface area is 83.9 Å². The van der Waals surface area contributed by atoms with E-state index >= 15 is 0 Å². The van der Waals surface area contributed by atoms with Crippen LogP contribution in [-0.4, -0.2) is 11.6 Å². The van der Waals surface area contributed by atoms with Crippen LogP contribution in [0.4, 0.5) is 0 Å². The molecule has 1 aromatic heterocycles. The van der Waals surface area contributed by atoms with E-state index < -0.39 is 0 Å². The Morgan fingerprint density at radius 3 is 2.93 bits per heavy atom. The normalized spacial score (nSPS) is 10.6. The summed E-state index contributed by atoms with van der Waals surface area (Å²) in [6.07, 6.45) is 2.27. The van der Waals surface area contributed by atoms with E-state index in [0.29, 0.717) is 0 Å². The summed E-state index contributed by atoms with van der Waals surface area (Å²) in [5.74, 6) is 0.875. The molecule has 0 bridgehead atoms. The Bertz CT molecular complexity index is 372. The van der Waals surface area contributed by atoms with E-state index in [2.05, 4.69) is 24.0 Å². The Kier molecular flexibility index (Phi) is 2.73. The molecule has 0 saturated heterocycles. The quantitative estimate of drug-likeness (QED) is 0.733. The molecule has 2 nitrogen and oxygen atoms in total. The average Bonchev–Trinajstić information content (AvgIpc) is 2.60. The summed E-state index contributed by atoms with van der Waals surface area (Å²) in [4.78, 5) is 3.23. The van der Waals surface area contributed by atoms with Crippen LogP contribution in [0.1, 0.15) is 19.8 Å². The molecule has 0 atom stereocenters. The molecule has 0 amide bonds. The van der Waals surface area contributed by atoms with Gasteiger partial charge in [-0.1, -0.05) is 31.5 Å². The van der Waals surface area contributed by atoms with Crippen molar-refractivity contribution in [3.05, 3.63) is 30.3 Å². The number of unbranched alkanes of at least 4 members (excludes halogenated alkanes) is 1. The molecule has 14 heavy (non-hydrogen) atoms. The molecule has 2 aromatic rings. The van der Waals surface area contributed by atoms with Crippen LogP contribution in [0, 0.1) is 0 Å². The number of hydrogen-bond acceptors (Lipinski definition) is 1. The molecule has 0 spiro atoms. The van der Waals surface area contributed by atoms with E-state index in [1.807, 2.05) is 18.2 Å². The maximum atomic E-state index is 5.58. The first kappa shape index (κ1) is 9.13. The van der Waals surface area contributed by atoms with Crippen molar-refractivity contribution in [1.29, 1.82) is 0 Å². The zero-order chi connectivity index (χ0) is 9.80. The number of aromatic amines is 1. The molecule has 74 valence electrons. The fourth-order valence-corrected chi connectivity index (χ4v) is 1.45. The molecule has 0 saturated carbocycles. The Morgan fingerprint density at radius 1 is 1.29 bits per heavy atom. The zero-order valence-electron chi connectivity index (χ0n) is 8.42. The standard InChI is InChI=1S/C12H15NO/c1-2-3-8-14-12-9-10-6-4-5-7-11(10)13-12/h4-7,9,13H,2-3,8H2,1H3. The number of benzene rings is 1. The van der Waals surface area contributed by atoms with Crippen LogP contribution in [-0.2, 0) is 0 Å². The minimum absolute atomic E-state index is 0.795. The van der Waals surface area contributed by atoms with Gasteiger partial charge in [0.15, 0.2) is 5.88 Å². The number of rotatable bonds is 4. The van der Waals surface area contributed by atoms with Gasteiger partial charge >= 0.3 is 0 Å². The van der Waals surface area contributed by atoms with Crippen LogP contribution < -0.4 is 4.74 Å². The van der Waals surface area contributed by atoms with Gasteiger partial charge < -0.3 is 9.72 Å². The summed E-state index contributed by atoms with van der Waals surface area (Å²) in [5.41, 5.74) is 1.14. The van der Waals surface area contributed by atoms with Crippen molar-refractivity contribution in [3.8, 4) is 5.88 Å². The SMILES string of the molecule is CCCCOc1cc2ccccc2[nH]1. The predicted octanol–water partition coefficient (Wildman–Crippen LogP) is 3.35. The highest BCUT2D eigenvalue weighted by Crippen LogP contribution is 2.19. The molecule has 2 rings (SSSR count). The lowest BCUT2D eigenvalue weighted by molar-refractivity contribution is 0.300. The third-order valence-electron chi connectivity index (χ3n) is 2.26. The van der Waals surface area contributed by atoms with Gasteiger partial charge in [-0.3, -0.25) is 0 Å². The number of aromatic nitrogens is 1. The van der Waals surface area contributed by atoms with Gasteiger partial charge in [0.1, 0.15) is 0 Å². The summed E-state index contributed by atoms with van der Waals surface area (Å²) in [5, 5.41) is 1.21. The highest BCUT2D eigenvalue weighted by molar-refractivity contribution is 5.81. The molecular weight excluding hydrogens is 174 g/mol. The smallest absolute Gasteiger partial charge is 0.191 e. The first-order valence-electron chi connectivity index (χ1n) is 5.10. The van der Waals surface area contributed by atoms with Crippen molar-refractivity contribution in [1.82, 2.24) is 4.98 Å². The van der Waals surface area contributed by atoms with Gasteiger partial charge in [-0.05, 0) is 12.5 Å². The third kappa shape index (κ3) is 1.90. The van der Waals surface area contributed by atoms with Crippen LogP contribution in [0.25, 0.3) is 10.9 Å². The third-order valence-corrected chi connectivity index (χ3v) is 2.26. The summed E-state index contributed by atoms with van der Waals surface area (Å²) in [6.45, 7) is 2.96. The van der Waals surface area contributed by atoms with Gasteiger partial charge in [0.05, 0.1) is 6.61 Å². The van der Waals surface area contributed by atoms with E-state index in [1.165, 1.54) is 11.8 Å². The lowest BCUT2D eigenvalue weighted by atomic mass is 10.3. The highest BCUT2D eigenvalue weighted by Gasteiger charge is 1.99. The lowest BCUT2D eigenvalue weighted by Gasteiger charge is -2.00. The monoisotopic (exact) mass is 189 g/mol.